The van der Waals surface area contributed by atoms with E-state index >= 15 is 0 Å². The zero-order chi connectivity index (χ0) is 14.8. The van der Waals surface area contributed by atoms with E-state index in [0.717, 1.165) is 12.0 Å². The Kier molecular flexibility index (Phi) is 4.45. The maximum atomic E-state index is 11.9. The van der Waals surface area contributed by atoms with Gasteiger partial charge in [0.1, 0.15) is 12.7 Å². The average Bonchev–Trinajstić information content (AvgIpc) is 2.41. The average molecular weight is 298 g/mol. The Morgan fingerprint density at radius 1 is 1.35 bits per heavy atom. The zero-order valence-electron chi connectivity index (χ0n) is 11.5. The highest BCUT2D eigenvalue weighted by Gasteiger charge is 2.30. The highest BCUT2D eigenvalue weighted by atomic mass is 32.2. The first-order valence-electron chi connectivity index (χ1n) is 6.61. The molecule has 0 saturated carbocycles. The van der Waals surface area contributed by atoms with Gasteiger partial charge in [-0.25, -0.2) is 0 Å². The van der Waals surface area contributed by atoms with Crippen molar-refractivity contribution in [1.29, 1.82) is 0 Å². The third-order valence-electron chi connectivity index (χ3n) is 3.45. The summed E-state index contributed by atoms with van der Waals surface area (Å²) in [7, 11) is -3.79. The molecule has 2 atom stereocenters. The first-order valence-corrected chi connectivity index (χ1v) is 8.02. The second-order valence-corrected chi connectivity index (χ2v) is 6.55. The summed E-state index contributed by atoms with van der Waals surface area (Å²) >= 11 is 0. The lowest BCUT2D eigenvalue weighted by Gasteiger charge is -2.24. The molecule has 0 aromatic heterocycles. The topological polar surface area (TPSA) is 69.7 Å². The van der Waals surface area contributed by atoms with Gasteiger partial charge in [0.15, 0.2) is 0 Å². The summed E-state index contributed by atoms with van der Waals surface area (Å²) in [5.41, 5.74) is 1.10. The molecule has 1 saturated heterocycles. The molecule has 1 fully saturated rings. The predicted octanol–water partition coefficient (Wildman–Crippen LogP) is 2.22. The maximum Gasteiger partial charge on any atom is 0.310 e. The summed E-state index contributed by atoms with van der Waals surface area (Å²) in [5.74, 6) is 0.0657. The molecule has 0 aliphatic carbocycles. The molecule has 1 aromatic rings. The van der Waals surface area contributed by atoms with Crippen molar-refractivity contribution in [2.75, 3.05) is 6.61 Å². The van der Waals surface area contributed by atoms with Crippen molar-refractivity contribution in [3.63, 3.8) is 0 Å². The van der Waals surface area contributed by atoms with E-state index in [2.05, 4.69) is 13.8 Å². The van der Waals surface area contributed by atoms with Crippen molar-refractivity contribution in [2.45, 2.75) is 43.6 Å². The van der Waals surface area contributed by atoms with Crippen LogP contribution in [0.15, 0.2) is 29.2 Å². The molecule has 0 amide bonds. The van der Waals surface area contributed by atoms with E-state index in [1.165, 1.54) is 0 Å². The molecule has 0 bridgehead atoms. The van der Waals surface area contributed by atoms with Crippen LogP contribution in [0.2, 0.25) is 0 Å². The Hall–Kier alpha value is -1.40. The number of carbonyl (C=O) groups excluding carboxylic acids is 1. The van der Waals surface area contributed by atoms with Gasteiger partial charge in [-0.15, -0.1) is 0 Å². The minimum absolute atomic E-state index is 0.121. The van der Waals surface area contributed by atoms with Gasteiger partial charge in [0.25, 0.3) is 10.1 Å². The van der Waals surface area contributed by atoms with Gasteiger partial charge in [-0.3, -0.25) is 8.98 Å². The van der Waals surface area contributed by atoms with Crippen LogP contribution in [0.4, 0.5) is 0 Å². The highest BCUT2D eigenvalue weighted by Crippen LogP contribution is 2.22. The minimum Gasteiger partial charge on any atom is -0.459 e. The molecule has 6 heteroatoms. The standard InChI is InChI=1S/C14H18O5S/c1-3-10(2)11-4-6-13(7-5-11)20(16,17)18-9-12-8-14(15)19-12/h4-7,10,12H,3,8-9H2,1-2H3. The number of carbonyl (C=O) groups is 1. The maximum absolute atomic E-state index is 11.9. The largest absolute Gasteiger partial charge is 0.459 e. The molecular formula is C14H18O5S. The molecule has 1 heterocycles. The Morgan fingerprint density at radius 2 is 1.95 bits per heavy atom. The Bertz CT molecular complexity index is 568. The molecule has 0 radical (unpaired) electrons. The summed E-state index contributed by atoms with van der Waals surface area (Å²) < 4.78 is 33.5. The molecule has 20 heavy (non-hydrogen) atoms. The van der Waals surface area contributed by atoms with Crippen LogP contribution in [-0.2, 0) is 23.8 Å². The summed E-state index contributed by atoms with van der Waals surface area (Å²) in [6.07, 6.45) is 0.759. The third-order valence-corrected chi connectivity index (χ3v) is 4.75. The number of ether oxygens (including phenoxy) is 1. The Morgan fingerprint density at radius 3 is 2.45 bits per heavy atom. The summed E-state index contributed by atoms with van der Waals surface area (Å²) in [4.78, 5) is 10.7. The van der Waals surface area contributed by atoms with Crippen LogP contribution in [0.25, 0.3) is 0 Å². The van der Waals surface area contributed by atoms with Crippen LogP contribution in [0, 0.1) is 0 Å². The number of benzene rings is 1. The fraction of sp³-hybridized carbons (Fsp3) is 0.500. The molecule has 1 aromatic carbocycles. The molecule has 2 unspecified atom stereocenters. The second kappa shape index (κ2) is 5.93. The van der Waals surface area contributed by atoms with Gasteiger partial charge in [0.05, 0.1) is 11.3 Å². The molecule has 1 aliphatic rings. The highest BCUT2D eigenvalue weighted by molar-refractivity contribution is 7.86. The van der Waals surface area contributed by atoms with E-state index < -0.39 is 16.2 Å². The number of hydrogen-bond donors (Lipinski definition) is 0. The van der Waals surface area contributed by atoms with Crippen LogP contribution >= 0.6 is 0 Å². The van der Waals surface area contributed by atoms with Gasteiger partial charge in [-0.1, -0.05) is 26.0 Å². The van der Waals surface area contributed by atoms with E-state index in [9.17, 15) is 13.2 Å². The molecule has 110 valence electrons. The van der Waals surface area contributed by atoms with Crippen molar-refractivity contribution in [1.82, 2.24) is 0 Å². The molecule has 5 nitrogen and oxygen atoms in total. The van der Waals surface area contributed by atoms with Crippen molar-refractivity contribution >= 4 is 16.1 Å². The van der Waals surface area contributed by atoms with Crippen LogP contribution in [0.3, 0.4) is 0 Å². The molecule has 0 spiro atoms. The van der Waals surface area contributed by atoms with Gasteiger partial charge >= 0.3 is 5.97 Å². The zero-order valence-corrected chi connectivity index (χ0v) is 12.4. The SMILES string of the molecule is CCC(C)c1ccc(S(=O)(=O)OCC2CC(=O)O2)cc1. The van der Waals surface area contributed by atoms with Gasteiger partial charge < -0.3 is 4.74 Å². The van der Waals surface area contributed by atoms with E-state index in [1.807, 2.05) is 0 Å². The summed E-state index contributed by atoms with van der Waals surface area (Å²) in [6, 6.07) is 6.69. The fourth-order valence-electron chi connectivity index (χ4n) is 1.89. The quantitative estimate of drug-likeness (QED) is 0.595. The van der Waals surface area contributed by atoms with E-state index in [0.29, 0.717) is 5.92 Å². The van der Waals surface area contributed by atoms with Crippen molar-refractivity contribution in [3.8, 4) is 0 Å². The van der Waals surface area contributed by atoms with Crippen molar-refractivity contribution in [2.24, 2.45) is 0 Å². The fourth-order valence-corrected chi connectivity index (χ4v) is 2.82. The Balaban J connectivity index is 2.00. The van der Waals surface area contributed by atoms with Crippen molar-refractivity contribution in [3.05, 3.63) is 29.8 Å². The number of cyclic esters (lactones) is 1. The lowest BCUT2D eigenvalue weighted by Crippen LogP contribution is -2.37. The normalized spacial score (nSPS) is 20.1. The predicted molar refractivity (Wildman–Crippen MR) is 72.8 cm³/mol. The minimum atomic E-state index is -3.79. The first-order chi connectivity index (χ1) is 9.42. The molecule has 1 aliphatic heterocycles. The lowest BCUT2D eigenvalue weighted by atomic mass is 9.99. The van der Waals surface area contributed by atoms with Crippen molar-refractivity contribution < 1.29 is 22.1 Å². The number of hydrogen-bond acceptors (Lipinski definition) is 5. The van der Waals surface area contributed by atoms with E-state index in [4.69, 9.17) is 8.92 Å². The van der Waals surface area contributed by atoms with Gasteiger partial charge in [0.2, 0.25) is 0 Å². The smallest absolute Gasteiger partial charge is 0.310 e. The van der Waals surface area contributed by atoms with Crippen LogP contribution < -0.4 is 0 Å². The number of rotatable bonds is 6. The van der Waals surface area contributed by atoms with Gasteiger partial charge in [-0.05, 0) is 30.0 Å². The van der Waals surface area contributed by atoms with E-state index in [1.54, 1.807) is 24.3 Å². The number of esters is 1. The third kappa shape index (κ3) is 3.37. The van der Waals surface area contributed by atoms with Crippen LogP contribution in [-0.4, -0.2) is 27.1 Å². The summed E-state index contributed by atoms with van der Waals surface area (Å²) in [6.45, 7) is 4.05. The molecule has 2 rings (SSSR count). The van der Waals surface area contributed by atoms with Gasteiger partial charge in [0, 0.05) is 0 Å². The van der Waals surface area contributed by atoms with E-state index in [-0.39, 0.29) is 23.9 Å². The lowest BCUT2D eigenvalue weighted by molar-refractivity contribution is -0.171. The Labute approximate surface area is 119 Å². The first kappa shape index (κ1) is 15.0. The monoisotopic (exact) mass is 298 g/mol. The van der Waals surface area contributed by atoms with Crippen LogP contribution in [0.5, 0.6) is 0 Å². The molecular weight excluding hydrogens is 280 g/mol. The second-order valence-electron chi connectivity index (χ2n) is 4.93. The summed E-state index contributed by atoms with van der Waals surface area (Å²) in [5, 5.41) is 0. The molecule has 0 N–H and O–H groups in total. The van der Waals surface area contributed by atoms with Gasteiger partial charge in [-0.2, -0.15) is 8.42 Å². The van der Waals surface area contributed by atoms with Crippen LogP contribution in [0.1, 0.15) is 38.2 Å².